The molecule has 1 aliphatic rings. The molecule has 0 bridgehead atoms. The first-order valence-electron chi connectivity index (χ1n) is 6.69. The summed E-state index contributed by atoms with van der Waals surface area (Å²) < 4.78 is 37.8. The minimum Gasteiger partial charge on any atom is -0.508 e. The van der Waals surface area contributed by atoms with Gasteiger partial charge in [0.2, 0.25) is 0 Å². The van der Waals surface area contributed by atoms with Crippen molar-refractivity contribution in [1.29, 1.82) is 0 Å². The Morgan fingerprint density at radius 3 is 2.43 bits per heavy atom. The third-order valence-corrected chi connectivity index (χ3v) is 3.80. The van der Waals surface area contributed by atoms with Crippen molar-refractivity contribution in [3.8, 4) is 5.75 Å². The van der Waals surface area contributed by atoms with Crippen molar-refractivity contribution in [2.24, 2.45) is 0 Å². The first-order chi connectivity index (χ1) is 9.95. The zero-order valence-electron chi connectivity index (χ0n) is 11.1. The molecule has 2 N–H and O–H groups in total. The maximum atomic E-state index is 12.6. The lowest BCUT2D eigenvalue weighted by molar-refractivity contribution is -0.137. The van der Waals surface area contributed by atoms with E-state index in [9.17, 15) is 18.3 Å². The van der Waals surface area contributed by atoms with Gasteiger partial charge in [0.15, 0.2) is 0 Å². The Labute approximate surface area is 120 Å². The van der Waals surface area contributed by atoms with Crippen LogP contribution in [0.3, 0.4) is 0 Å². The fourth-order valence-corrected chi connectivity index (χ4v) is 2.76. The summed E-state index contributed by atoms with van der Waals surface area (Å²) in [5, 5.41) is 12.9. The summed E-state index contributed by atoms with van der Waals surface area (Å²) in [6.07, 6.45) is -3.54. The van der Waals surface area contributed by atoms with Gasteiger partial charge in [0.05, 0.1) is 5.56 Å². The maximum absolute atomic E-state index is 12.6. The summed E-state index contributed by atoms with van der Waals surface area (Å²) in [5.41, 5.74) is 2.03. The molecular weight excluding hydrogens is 279 g/mol. The highest BCUT2D eigenvalue weighted by molar-refractivity contribution is 5.59. The number of rotatable bonds is 1. The van der Waals surface area contributed by atoms with Crippen molar-refractivity contribution in [3.05, 3.63) is 59.2 Å². The predicted molar refractivity (Wildman–Crippen MR) is 74.5 cm³/mol. The van der Waals surface area contributed by atoms with Gasteiger partial charge in [0, 0.05) is 18.2 Å². The lowest BCUT2D eigenvalue weighted by atomic mass is 9.85. The number of hydrogen-bond donors (Lipinski definition) is 2. The number of phenols is 1. The van der Waals surface area contributed by atoms with Gasteiger partial charge < -0.3 is 10.4 Å². The molecule has 110 valence electrons. The molecular formula is C16H14F3NO. The van der Waals surface area contributed by atoms with Crippen LogP contribution in [0.15, 0.2) is 42.5 Å². The van der Waals surface area contributed by atoms with E-state index in [2.05, 4.69) is 5.32 Å². The lowest BCUT2D eigenvalue weighted by Crippen LogP contribution is -2.17. The number of halogens is 3. The van der Waals surface area contributed by atoms with Crippen molar-refractivity contribution in [1.82, 2.24) is 0 Å². The predicted octanol–water partition coefficient (Wildman–Crippen LogP) is 4.36. The fourth-order valence-electron chi connectivity index (χ4n) is 2.76. The molecule has 5 heteroatoms. The molecule has 1 heterocycles. The summed E-state index contributed by atoms with van der Waals surface area (Å²) in [6, 6.07) is 10.3. The van der Waals surface area contributed by atoms with Crippen LogP contribution in [-0.2, 0) is 6.18 Å². The van der Waals surface area contributed by atoms with E-state index in [0.717, 1.165) is 41.9 Å². The van der Waals surface area contributed by atoms with E-state index in [1.807, 2.05) is 0 Å². The summed E-state index contributed by atoms with van der Waals surface area (Å²) in [6.45, 7) is 0.753. The van der Waals surface area contributed by atoms with E-state index in [1.165, 1.54) is 12.1 Å². The smallest absolute Gasteiger partial charge is 0.416 e. The third-order valence-electron chi connectivity index (χ3n) is 3.80. The van der Waals surface area contributed by atoms with E-state index in [-0.39, 0.29) is 11.7 Å². The molecule has 3 rings (SSSR count). The molecule has 0 saturated heterocycles. The molecule has 0 spiro atoms. The van der Waals surface area contributed by atoms with Gasteiger partial charge in [0.25, 0.3) is 0 Å². The van der Waals surface area contributed by atoms with Gasteiger partial charge in [0.1, 0.15) is 5.75 Å². The van der Waals surface area contributed by atoms with Crippen LogP contribution in [0.4, 0.5) is 18.9 Å². The number of phenolic OH excluding ortho intramolecular Hbond substituents is 1. The molecule has 0 saturated carbocycles. The van der Waals surface area contributed by atoms with Gasteiger partial charge in [-0.15, -0.1) is 0 Å². The Bertz CT molecular complexity index is 650. The highest BCUT2D eigenvalue weighted by Gasteiger charge is 2.30. The number of benzene rings is 2. The number of fused-ring (bicyclic) bond motifs is 1. The highest BCUT2D eigenvalue weighted by Crippen LogP contribution is 2.39. The van der Waals surface area contributed by atoms with Gasteiger partial charge in [-0.25, -0.2) is 0 Å². The topological polar surface area (TPSA) is 32.3 Å². The molecule has 0 aromatic heterocycles. The van der Waals surface area contributed by atoms with Crippen LogP contribution >= 0.6 is 0 Å². The Kier molecular flexibility index (Phi) is 3.27. The van der Waals surface area contributed by atoms with Crippen LogP contribution < -0.4 is 5.32 Å². The third kappa shape index (κ3) is 2.68. The second-order valence-electron chi connectivity index (χ2n) is 5.16. The minimum absolute atomic E-state index is 0.00404. The van der Waals surface area contributed by atoms with Gasteiger partial charge >= 0.3 is 6.18 Å². The lowest BCUT2D eigenvalue weighted by Gasteiger charge is -2.27. The van der Waals surface area contributed by atoms with Crippen LogP contribution in [0.5, 0.6) is 5.75 Å². The second kappa shape index (κ2) is 4.98. The van der Waals surface area contributed by atoms with Gasteiger partial charge in [-0.2, -0.15) is 13.2 Å². The molecule has 0 fully saturated rings. The molecule has 1 atom stereocenters. The Hall–Kier alpha value is -2.17. The quantitative estimate of drug-likeness (QED) is 0.766. The standard InChI is InChI=1S/C16H14F3NO/c17-16(18,19)11-3-1-10(2-4-11)13-7-8-20-15-6-5-12(21)9-14(13)15/h1-6,9,13,20-21H,7-8H2. The van der Waals surface area contributed by atoms with E-state index in [4.69, 9.17) is 0 Å². The number of anilines is 1. The van der Waals surface area contributed by atoms with Crippen molar-refractivity contribution >= 4 is 5.69 Å². The second-order valence-corrected chi connectivity index (χ2v) is 5.16. The van der Waals surface area contributed by atoms with Crippen LogP contribution in [0.1, 0.15) is 29.0 Å². The van der Waals surface area contributed by atoms with Crippen molar-refractivity contribution in [2.75, 3.05) is 11.9 Å². The average Bonchev–Trinajstić information content (AvgIpc) is 2.46. The molecule has 0 amide bonds. The summed E-state index contributed by atoms with van der Waals surface area (Å²) in [5.74, 6) is 0.157. The number of aromatic hydroxyl groups is 1. The average molecular weight is 293 g/mol. The number of nitrogens with one attached hydrogen (secondary N) is 1. The van der Waals surface area contributed by atoms with E-state index in [0.29, 0.717) is 0 Å². The molecule has 2 aromatic carbocycles. The minimum atomic E-state index is -4.32. The monoisotopic (exact) mass is 293 g/mol. The first kappa shape index (κ1) is 13.8. The normalized spacial score (nSPS) is 18.0. The first-order valence-corrected chi connectivity index (χ1v) is 6.69. The molecule has 2 nitrogen and oxygen atoms in total. The van der Waals surface area contributed by atoms with Crippen LogP contribution in [0.2, 0.25) is 0 Å². The van der Waals surface area contributed by atoms with Gasteiger partial charge in [-0.1, -0.05) is 12.1 Å². The van der Waals surface area contributed by atoms with E-state index in [1.54, 1.807) is 18.2 Å². The number of hydrogen-bond acceptors (Lipinski definition) is 2. The highest BCUT2D eigenvalue weighted by atomic mass is 19.4. The van der Waals surface area contributed by atoms with E-state index < -0.39 is 11.7 Å². The molecule has 0 radical (unpaired) electrons. The van der Waals surface area contributed by atoms with Gasteiger partial charge in [-0.05, 0) is 47.9 Å². The number of alkyl halides is 3. The van der Waals surface area contributed by atoms with Crippen LogP contribution in [-0.4, -0.2) is 11.7 Å². The molecule has 1 unspecified atom stereocenters. The molecule has 2 aromatic rings. The maximum Gasteiger partial charge on any atom is 0.416 e. The Morgan fingerprint density at radius 2 is 1.76 bits per heavy atom. The van der Waals surface area contributed by atoms with Crippen molar-refractivity contribution in [2.45, 2.75) is 18.5 Å². The van der Waals surface area contributed by atoms with Crippen LogP contribution in [0.25, 0.3) is 0 Å². The van der Waals surface area contributed by atoms with Gasteiger partial charge in [-0.3, -0.25) is 0 Å². The van der Waals surface area contributed by atoms with Crippen molar-refractivity contribution in [3.63, 3.8) is 0 Å². The largest absolute Gasteiger partial charge is 0.508 e. The molecule has 21 heavy (non-hydrogen) atoms. The summed E-state index contributed by atoms with van der Waals surface area (Å²) in [7, 11) is 0. The van der Waals surface area contributed by atoms with Crippen LogP contribution in [0, 0.1) is 0 Å². The Balaban J connectivity index is 1.97. The van der Waals surface area contributed by atoms with E-state index >= 15 is 0 Å². The summed E-state index contributed by atoms with van der Waals surface area (Å²) in [4.78, 5) is 0. The van der Waals surface area contributed by atoms with Crippen molar-refractivity contribution < 1.29 is 18.3 Å². The SMILES string of the molecule is Oc1ccc2c(c1)C(c1ccc(C(F)(F)F)cc1)CCN2. The fraction of sp³-hybridized carbons (Fsp3) is 0.250. The molecule has 1 aliphatic heterocycles. The Morgan fingerprint density at radius 1 is 1.05 bits per heavy atom. The zero-order valence-corrected chi connectivity index (χ0v) is 11.1. The zero-order chi connectivity index (χ0) is 15.0. The summed E-state index contributed by atoms with van der Waals surface area (Å²) >= 11 is 0. The molecule has 0 aliphatic carbocycles.